The SMILES string of the molecule is N#CC1(C(=O)Nc2ccc(Br)c(F)c2)CCC1. The van der Waals surface area contributed by atoms with Crippen LogP contribution in [0.4, 0.5) is 10.1 Å². The van der Waals surface area contributed by atoms with Crippen molar-refractivity contribution >= 4 is 27.5 Å². The summed E-state index contributed by atoms with van der Waals surface area (Å²) < 4.78 is 13.6. The third-order valence-corrected chi connectivity index (χ3v) is 3.68. The third-order valence-electron chi connectivity index (χ3n) is 3.03. The Morgan fingerprint density at radius 2 is 2.24 bits per heavy atom. The number of nitriles is 1. The lowest BCUT2D eigenvalue weighted by Gasteiger charge is -2.33. The van der Waals surface area contributed by atoms with Gasteiger partial charge in [-0.2, -0.15) is 5.26 Å². The summed E-state index contributed by atoms with van der Waals surface area (Å²) in [7, 11) is 0. The normalized spacial score (nSPS) is 16.8. The van der Waals surface area contributed by atoms with Gasteiger partial charge in [-0.05, 0) is 53.4 Å². The van der Waals surface area contributed by atoms with Crippen molar-refractivity contribution in [1.29, 1.82) is 5.26 Å². The number of nitrogens with one attached hydrogen (secondary N) is 1. The van der Waals surface area contributed by atoms with Gasteiger partial charge in [-0.3, -0.25) is 4.79 Å². The molecule has 0 atom stereocenters. The van der Waals surface area contributed by atoms with E-state index < -0.39 is 11.2 Å². The van der Waals surface area contributed by atoms with Gasteiger partial charge in [0.25, 0.3) is 0 Å². The number of nitrogens with zero attached hydrogens (tertiary/aromatic N) is 1. The van der Waals surface area contributed by atoms with Crippen molar-refractivity contribution in [3.05, 3.63) is 28.5 Å². The van der Waals surface area contributed by atoms with E-state index in [4.69, 9.17) is 5.26 Å². The Kier molecular flexibility index (Phi) is 3.16. The molecule has 1 aromatic carbocycles. The number of benzene rings is 1. The molecule has 0 spiro atoms. The van der Waals surface area contributed by atoms with Gasteiger partial charge in [-0.1, -0.05) is 0 Å². The molecule has 2 rings (SSSR count). The van der Waals surface area contributed by atoms with Gasteiger partial charge >= 0.3 is 0 Å². The second-order valence-electron chi connectivity index (χ2n) is 4.13. The van der Waals surface area contributed by atoms with E-state index in [2.05, 4.69) is 21.2 Å². The zero-order valence-electron chi connectivity index (χ0n) is 8.96. The van der Waals surface area contributed by atoms with Crippen LogP contribution in [0.25, 0.3) is 0 Å². The Morgan fingerprint density at radius 3 is 2.71 bits per heavy atom. The summed E-state index contributed by atoms with van der Waals surface area (Å²) in [4.78, 5) is 11.9. The largest absolute Gasteiger partial charge is 0.325 e. The van der Waals surface area contributed by atoms with Gasteiger partial charge in [0.2, 0.25) is 5.91 Å². The Hall–Kier alpha value is -1.41. The summed E-state index contributed by atoms with van der Waals surface area (Å²) in [5.74, 6) is -0.782. The summed E-state index contributed by atoms with van der Waals surface area (Å²) in [6.07, 6.45) is 2.04. The fourth-order valence-corrected chi connectivity index (χ4v) is 1.99. The number of carbonyl (C=O) groups is 1. The van der Waals surface area contributed by atoms with Crippen LogP contribution in [0.5, 0.6) is 0 Å². The Morgan fingerprint density at radius 1 is 1.53 bits per heavy atom. The van der Waals surface area contributed by atoms with Crippen LogP contribution in [0.2, 0.25) is 0 Å². The fraction of sp³-hybridized carbons (Fsp3) is 0.333. The molecule has 88 valence electrons. The van der Waals surface area contributed by atoms with E-state index in [0.717, 1.165) is 6.42 Å². The van der Waals surface area contributed by atoms with Crippen molar-refractivity contribution < 1.29 is 9.18 Å². The van der Waals surface area contributed by atoms with Gasteiger partial charge in [-0.15, -0.1) is 0 Å². The number of anilines is 1. The zero-order valence-corrected chi connectivity index (χ0v) is 10.6. The van der Waals surface area contributed by atoms with Crippen LogP contribution in [-0.4, -0.2) is 5.91 Å². The maximum atomic E-state index is 13.2. The molecule has 17 heavy (non-hydrogen) atoms. The highest BCUT2D eigenvalue weighted by Gasteiger charge is 2.44. The number of rotatable bonds is 2. The number of hydrogen-bond donors (Lipinski definition) is 1. The van der Waals surface area contributed by atoms with Crippen LogP contribution in [0, 0.1) is 22.6 Å². The van der Waals surface area contributed by atoms with Crippen molar-refractivity contribution in [2.75, 3.05) is 5.32 Å². The summed E-state index contributed by atoms with van der Waals surface area (Å²) >= 11 is 3.03. The third kappa shape index (κ3) is 2.18. The summed E-state index contributed by atoms with van der Waals surface area (Å²) in [6, 6.07) is 6.38. The molecule has 0 saturated heterocycles. The molecule has 5 heteroatoms. The van der Waals surface area contributed by atoms with E-state index in [1.54, 1.807) is 6.07 Å². The van der Waals surface area contributed by atoms with Gasteiger partial charge in [0.05, 0.1) is 10.5 Å². The van der Waals surface area contributed by atoms with Gasteiger partial charge in [-0.25, -0.2) is 4.39 Å². The molecule has 0 aliphatic heterocycles. The quantitative estimate of drug-likeness (QED) is 0.911. The molecule has 3 nitrogen and oxygen atoms in total. The molecule has 1 aromatic rings. The highest BCUT2D eigenvalue weighted by molar-refractivity contribution is 9.10. The predicted molar refractivity (Wildman–Crippen MR) is 64.6 cm³/mol. The summed E-state index contributed by atoms with van der Waals surface area (Å²) in [5, 5.41) is 11.6. The minimum Gasteiger partial charge on any atom is -0.325 e. The smallest absolute Gasteiger partial charge is 0.244 e. The maximum Gasteiger partial charge on any atom is 0.244 e. The second kappa shape index (κ2) is 4.46. The average Bonchev–Trinajstić information content (AvgIpc) is 2.23. The molecule has 0 heterocycles. The van der Waals surface area contributed by atoms with Crippen LogP contribution in [-0.2, 0) is 4.79 Å². The molecule has 0 unspecified atom stereocenters. The van der Waals surface area contributed by atoms with Crippen LogP contribution in [0.15, 0.2) is 22.7 Å². The molecule has 0 aromatic heterocycles. The standard InChI is InChI=1S/C12H10BrFN2O/c13-9-3-2-8(6-10(9)14)16-11(17)12(7-15)4-1-5-12/h2-3,6H,1,4-5H2,(H,16,17). The molecular formula is C12H10BrFN2O. The lowest BCUT2D eigenvalue weighted by molar-refractivity contribution is -0.126. The average molecular weight is 297 g/mol. The highest BCUT2D eigenvalue weighted by Crippen LogP contribution is 2.41. The Balaban J connectivity index is 2.13. The van der Waals surface area contributed by atoms with Gasteiger partial charge in [0.15, 0.2) is 0 Å². The van der Waals surface area contributed by atoms with E-state index in [9.17, 15) is 9.18 Å². The van der Waals surface area contributed by atoms with E-state index in [0.29, 0.717) is 23.0 Å². The van der Waals surface area contributed by atoms with E-state index in [-0.39, 0.29) is 5.91 Å². The molecule has 1 amide bonds. The highest BCUT2D eigenvalue weighted by atomic mass is 79.9. The summed E-state index contributed by atoms with van der Waals surface area (Å²) in [5.41, 5.74) is -0.541. The van der Waals surface area contributed by atoms with Gasteiger partial charge in [0.1, 0.15) is 11.2 Å². The van der Waals surface area contributed by atoms with Crippen molar-refractivity contribution in [2.24, 2.45) is 5.41 Å². The summed E-state index contributed by atoms with van der Waals surface area (Å²) in [6.45, 7) is 0. The predicted octanol–water partition coefficient (Wildman–Crippen LogP) is 3.22. The van der Waals surface area contributed by atoms with Gasteiger partial charge in [0, 0.05) is 5.69 Å². The monoisotopic (exact) mass is 296 g/mol. The molecular weight excluding hydrogens is 287 g/mol. The van der Waals surface area contributed by atoms with Crippen molar-refractivity contribution in [3.63, 3.8) is 0 Å². The lowest BCUT2D eigenvalue weighted by atomic mass is 9.69. The van der Waals surface area contributed by atoms with Crippen LogP contribution in [0.1, 0.15) is 19.3 Å². The minimum absolute atomic E-state index is 0.340. The number of carbonyl (C=O) groups excluding carboxylic acids is 1. The molecule has 1 N–H and O–H groups in total. The first-order valence-corrected chi connectivity index (χ1v) is 6.04. The first-order valence-electron chi connectivity index (χ1n) is 5.25. The maximum absolute atomic E-state index is 13.2. The first-order chi connectivity index (χ1) is 8.07. The number of amides is 1. The second-order valence-corrected chi connectivity index (χ2v) is 4.98. The van der Waals surface area contributed by atoms with Crippen molar-refractivity contribution in [1.82, 2.24) is 0 Å². The van der Waals surface area contributed by atoms with Crippen LogP contribution >= 0.6 is 15.9 Å². The Bertz CT molecular complexity index is 506. The molecule has 1 fully saturated rings. The number of halogens is 2. The lowest BCUT2D eigenvalue weighted by Crippen LogP contribution is -2.40. The van der Waals surface area contributed by atoms with E-state index >= 15 is 0 Å². The topological polar surface area (TPSA) is 52.9 Å². The Labute approximate surface area is 107 Å². The van der Waals surface area contributed by atoms with Gasteiger partial charge < -0.3 is 5.32 Å². The zero-order chi connectivity index (χ0) is 12.5. The van der Waals surface area contributed by atoms with Crippen LogP contribution < -0.4 is 5.32 Å². The van der Waals surface area contributed by atoms with Crippen LogP contribution in [0.3, 0.4) is 0 Å². The fourth-order valence-electron chi connectivity index (χ4n) is 1.74. The molecule has 1 saturated carbocycles. The van der Waals surface area contributed by atoms with E-state index in [1.807, 2.05) is 6.07 Å². The van der Waals surface area contributed by atoms with E-state index in [1.165, 1.54) is 12.1 Å². The van der Waals surface area contributed by atoms with Crippen molar-refractivity contribution in [3.8, 4) is 6.07 Å². The minimum atomic E-state index is -0.913. The molecule has 1 aliphatic rings. The number of hydrogen-bond acceptors (Lipinski definition) is 2. The molecule has 0 radical (unpaired) electrons. The van der Waals surface area contributed by atoms with Crippen molar-refractivity contribution in [2.45, 2.75) is 19.3 Å². The first kappa shape index (κ1) is 12.1. The molecule has 0 bridgehead atoms. The molecule has 1 aliphatic carbocycles.